The number of nitrogens with zero attached hydrogens (tertiary/aromatic N) is 2. The van der Waals surface area contributed by atoms with E-state index in [1.54, 1.807) is 0 Å². The van der Waals surface area contributed by atoms with Crippen LogP contribution in [0.2, 0.25) is 0 Å². The molecule has 126 valence electrons. The van der Waals surface area contributed by atoms with Gasteiger partial charge >= 0.3 is 0 Å². The zero-order valence-electron chi connectivity index (χ0n) is 14.5. The molecule has 4 heteroatoms. The number of aryl methyl sites for hydroxylation is 1. The number of nitrogen functional groups attached to an aromatic ring is 1. The van der Waals surface area contributed by atoms with Gasteiger partial charge in [0.2, 0.25) is 0 Å². The van der Waals surface area contributed by atoms with Crippen LogP contribution in [0.1, 0.15) is 35.0 Å². The lowest BCUT2D eigenvalue weighted by Gasteiger charge is -2.13. The summed E-state index contributed by atoms with van der Waals surface area (Å²) in [5.41, 5.74) is 12.6. The molecule has 4 rings (SSSR count). The summed E-state index contributed by atoms with van der Waals surface area (Å²) in [6, 6.07) is 14.4. The molecule has 2 aromatic carbocycles. The smallest absolute Gasteiger partial charge is 0.258 e. The quantitative estimate of drug-likeness (QED) is 0.784. The minimum Gasteiger partial charge on any atom is -0.397 e. The summed E-state index contributed by atoms with van der Waals surface area (Å²) in [5, 5.41) is 0.850. The molecule has 0 saturated heterocycles. The van der Waals surface area contributed by atoms with Gasteiger partial charge in [-0.15, -0.1) is 0 Å². The predicted molar refractivity (Wildman–Crippen MR) is 101 cm³/mol. The Morgan fingerprint density at radius 1 is 1.16 bits per heavy atom. The van der Waals surface area contributed by atoms with Gasteiger partial charge in [0.25, 0.3) is 5.91 Å². The average molecular weight is 331 g/mol. The van der Waals surface area contributed by atoms with Crippen LogP contribution in [0.3, 0.4) is 0 Å². The molecule has 0 radical (unpaired) electrons. The highest BCUT2D eigenvalue weighted by Gasteiger charge is 2.31. The monoisotopic (exact) mass is 331 g/mol. The van der Waals surface area contributed by atoms with Gasteiger partial charge in [0.05, 0.1) is 29.0 Å². The second-order valence-corrected chi connectivity index (χ2v) is 6.64. The molecule has 0 bridgehead atoms. The summed E-state index contributed by atoms with van der Waals surface area (Å²) >= 11 is 0. The van der Waals surface area contributed by atoms with Gasteiger partial charge in [-0.25, -0.2) is 4.98 Å². The number of aromatic nitrogens is 1. The van der Waals surface area contributed by atoms with Gasteiger partial charge in [0, 0.05) is 17.5 Å². The summed E-state index contributed by atoms with van der Waals surface area (Å²) in [6.07, 6.45) is 0.924. The number of nitrogens with two attached hydrogens (primary N) is 1. The van der Waals surface area contributed by atoms with E-state index < -0.39 is 0 Å². The van der Waals surface area contributed by atoms with Crippen LogP contribution in [0.5, 0.6) is 0 Å². The van der Waals surface area contributed by atoms with Crippen LogP contribution in [0.25, 0.3) is 22.0 Å². The van der Waals surface area contributed by atoms with Crippen LogP contribution in [0, 0.1) is 6.92 Å². The van der Waals surface area contributed by atoms with Crippen LogP contribution in [-0.4, -0.2) is 22.3 Å². The predicted octanol–water partition coefficient (Wildman–Crippen LogP) is 4.16. The van der Waals surface area contributed by atoms with Gasteiger partial charge in [0.15, 0.2) is 0 Å². The Labute approximate surface area is 147 Å². The van der Waals surface area contributed by atoms with Crippen molar-refractivity contribution in [2.45, 2.75) is 26.8 Å². The number of anilines is 1. The summed E-state index contributed by atoms with van der Waals surface area (Å²) in [5.74, 6) is 0.00416. The van der Waals surface area contributed by atoms with E-state index in [9.17, 15) is 4.79 Å². The van der Waals surface area contributed by atoms with Crippen molar-refractivity contribution in [3.05, 3.63) is 59.3 Å². The first-order chi connectivity index (χ1) is 12.1. The molecule has 25 heavy (non-hydrogen) atoms. The first-order valence-corrected chi connectivity index (χ1v) is 8.67. The lowest BCUT2D eigenvalue weighted by Crippen LogP contribution is -2.24. The lowest BCUT2D eigenvalue weighted by atomic mass is 9.98. The Bertz CT molecular complexity index is 977. The number of carbonyl (C=O) groups excluding carboxylic acids is 1. The van der Waals surface area contributed by atoms with Crippen molar-refractivity contribution < 1.29 is 4.79 Å². The molecule has 1 aliphatic rings. The van der Waals surface area contributed by atoms with Gasteiger partial charge in [-0.3, -0.25) is 4.79 Å². The molecule has 0 saturated carbocycles. The van der Waals surface area contributed by atoms with Gasteiger partial charge in [-0.1, -0.05) is 55.0 Å². The van der Waals surface area contributed by atoms with Crippen molar-refractivity contribution in [1.82, 2.24) is 9.88 Å². The van der Waals surface area contributed by atoms with Crippen molar-refractivity contribution in [3.8, 4) is 11.1 Å². The molecule has 4 nitrogen and oxygen atoms in total. The second-order valence-electron chi connectivity index (χ2n) is 6.64. The standard InChI is InChI=1S/C21H21N3O/c1-3-11-24-12-17-18(21(24)25)19(22)16-6-4-5-15(20(16)23-17)14-9-7-13(2)8-10-14/h4-10H,3,11-12H2,1-2H3,(H2,22,23). The fourth-order valence-corrected chi connectivity index (χ4v) is 3.54. The average Bonchev–Trinajstić information content (AvgIpc) is 2.92. The molecule has 1 aliphatic heterocycles. The minimum atomic E-state index is 0.00416. The van der Waals surface area contributed by atoms with Crippen molar-refractivity contribution in [1.29, 1.82) is 0 Å². The fraction of sp³-hybridized carbons (Fsp3) is 0.238. The number of benzene rings is 2. The number of carbonyl (C=O) groups is 1. The molecular formula is C21H21N3O. The molecule has 2 N–H and O–H groups in total. The van der Waals surface area contributed by atoms with Gasteiger partial charge in [-0.05, 0) is 18.9 Å². The summed E-state index contributed by atoms with van der Waals surface area (Å²) in [6.45, 7) is 5.42. The highest BCUT2D eigenvalue weighted by atomic mass is 16.2. The summed E-state index contributed by atoms with van der Waals surface area (Å²) in [4.78, 5) is 19.3. The van der Waals surface area contributed by atoms with E-state index in [2.05, 4.69) is 44.2 Å². The van der Waals surface area contributed by atoms with E-state index in [1.165, 1.54) is 5.56 Å². The topological polar surface area (TPSA) is 59.2 Å². The number of hydrogen-bond donors (Lipinski definition) is 1. The third-order valence-electron chi connectivity index (χ3n) is 4.83. The van der Waals surface area contributed by atoms with Crippen molar-refractivity contribution in [3.63, 3.8) is 0 Å². The highest BCUT2D eigenvalue weighted by Crippen LogP contribution is 2.36. The minimum absolute atomic E-state index is 0.00416. The van der Waals surface area contributed by atoms with Crippen LogP contribution in [0.15, 0.2) is 42.5 Å². The van der Waals surface area contributed by atoms with E-state index in [-0.39, 0.29) is 5.91 Å². The molecule has 0 atom stereocenters. The molecule has 2 heterocycles. The number of amides is 1. The molecule has 1 aromatic heterocycles. The van der Waals surface area contributed by atoms with Gasteiger partial charge in [-0.2, -0.15) is 0 Å². The van der Waals surface area contributed by atoms with Crippen molar-refractivity contribution >= 4 is 22.5 Å². The number of pyridine rings is 1. The molecule has 1 amide bonds. The van der Waals surface area contributed by atoms with Crippen LogP contribution < -0.4 is 5.73 Å². The van der Waals surface area contributed by atoms with Crippen LogP contribution >= 0.6 is 0 Å². The molecule has 0 spiro atoms. The summed E-state index contributed by atoms with van der Waals surface area (Å²) < 4.78 is 0. The number of para-hydroxylation sites is 1. The van der Waals surface area contributed by atoms with Crippen molar-refractivity contribution in [2.24, 2.45) is 0 Å². The first-order valence-electron chi connectivity index (χ1n) is 8.67. The van der Waals surface area contributed by atoms with Gasteiger partial charge < -0.3 is 10.6 Å². The number of hydrogen-bond acceptors (Lipinski definition) is 3. The van der Waals surface area contributed by atoms with Crippen molar-refractivity contribution in [2.75, 3.05) is 12.3 Å². The first kappa shape index (κ1) is 15.6. The second kappa shape index (κ2) is 5.88. The zero-order valence-corrected chi connectivity index (χ0v) is 14.5. The molecule has 0 fully saturated rings. The lowest BCUT2D eigenvalue weighted by molar-refractivity contribution is 0.0779. The number of fused-ring (bicyclic) bond motifs is 2. The Morgan fingerprint density at radius 2 is 1.92 bits per heavy atom. The SMILES string of the molecule is CCCN1Cc2nc3c(-c4ccc(C)cc4)cccc3c(N)c2C1=O. The highest BCUT2D eigenvalue weighted by molar-refractivity contribution is 6.11. The largest absolute Gasteiger partial charge is 0.397 e. The zero-order chi connectivity index (χ0) is 17.6. The molecule has 0 aliphatic carbocycles. The number of rotatable bonds is 3. The van der Waals surface area contributed by atoms with E-state index in [1.807, 2.05) is 17.0 Å². The fourth-order valence-electron chi connectivity index (χ4n) is 3.54. The third-order valence-corrected chi connectivity index (χ3v) is 4.83. The summed E-state index contributed by atoms with van der Waals surface area (Å²) in [7, 11) is 0. The van der Waals surface area contributed by atoms with Gasteiger partial charge in [0.1, 0.15) is 0 Å². The maximum atomic E-state index is 12.6. The van der Waals surface area contributed by atoms with E-state index in [0.29, 0.717) is 17.8 Å². The Kier molecular flexibility index (Phi) is 3.68. The van der Waals surface area contributed by atoms with E-state index in [0.717, 1.165) is 40.7 Å². The van der Waals surface area contributed by atoms with E-state index >= 15 is 0 Å². The van der Waals surface area contributed by atoms with E-state index in [4.69, 9.17) is 10.7 Å². The maximum Gasteiger partial charge on any atom is 0.258 e. The van der Waals surface area contributed by atoms with Crippen LogP contribution in [-0.2, 0) is 6.54 Å². The molecule has 0 unspecified atom stereocenters. The maximum absolute atomic E-state index is 12.6. The van der Waals surface area contributed by atoms with Crippen LogP contribution in [0.4, 0.5) is 5.69 Å². The molecular weight excluding hydrogens is 310 g/mol. The Hall–Kier alpha value is -2.88. The molecule has 3 aromatic rings. The third kappa shape index (κ3) is 2.45. The Morgan fingerprint density at radius 3 is 2.64 bits per heavy atom. The normalized spacial score (nSPS) is 13.5. The Balaban J connectivity index is 1.93.